The summed E-state index contributed by atoms with van der Waals surface area (Å²) in [5, 5.41) is 3.35. The van der Waals surface area contributed by atoms with E-state index in [9.17, 15) is 9.18 Å². The second kappa shape index (κ2) is 6.09. The van der Waals surface area contributed by atoms with Crippen LogP contribution in [-0.2, 0) is 4.79 Å². The molecule has 0 unspecified atom stereocenters. The molecule has 1 aromatic carbocycles. The summed E-state index contributed by atoms with van der Waals surface area (Å²) in [6.45, 7) is 0. The van der Waals surface area contributed by atoms with Crippen molar-refractivity contribution < 1.29 is 9.18 Å². The topological polar surface area (TPSA) is 55.1 Å². The van der Waals surface area contributed by atoms with Crippen molar-refractivity contribution in [2.75, 3.05) is 16.8 Å². The lowest BCUT2D eigenvalue weighted by atomic mass is 10.2. The Morgan fingerprint density at radius 2 is 2.17 bits per heavy atom. The molecule has 1 fully saturated rings. The van der Waals surface area contributed by atoms with Crippen molar-refractivity contribution >= 4 is 29.0 Å². The molecule has 0 heterocycles. The summed E-state index contributed by atoms with van der Waals surface area (Å²) in [6.07, 6.45) is 4.96. The Bertz CT molecular complexity index is 433. The molecule has 0 atom stereocenters. The van der Waals surface area contributed by atoms with Gasteiger partial charge >= 0.3 is 0 Å². The molecule has 0 bridgehead atoms. The van der Waals surface area contributed by atoms with Gasteiger partial charge in [-0.05, 0) is 31.0 Å². The lowest BCUT2D eigenvalue weighted by Crippen LogP contribution is -2.16. The molecule has 0 saturated heterocycles. The predicted octanol–water partition coefficient (Wildman–Crippen LogP) is 3.02. The van der Waals surface area contributed by atoms with E-state index >= 15 is 0 Å². The first-order chi connectivity index (χ1) is 8.65. The van der Waals surface area contributed by atoms with E-state index in [2.05, 4.69) is 5.32 Å². The van der Waals surface area contributed by atoms with Crippen molar-refractivity contribution in [1.82, 2.24) is 0 Å². The van der Waals surface area contributed by atoms with Crippen LogP contribution < -0.4 is 11.1 Å². The zero-order valence-electron chi connectivity index (χ0n) is 10.1. The molecule has 0 aromatic heterocycles. The van der Waals surface area contributed by atoms with E-state index in [-0.39, 0.29) is 11.6 Å². The molecule has 0 radical (unpaired) electrons. The molecule has 5 heteroatoms. The first-order valence-corrected chi connectivity index (χ1v) is 7.16. The third kappa shape index (κ3) is 3.63. The van der Waals surface area contributed by atoms with Gasteiger partial charge in [0.1, 0.15) is 5.82 Å². The summed E-state index contributed by atoms with van der Waals surface area (Å²) in [7, 11) is 0. The van der Waals surface area contributed by atoms with Crippen molar-refractivity contribution in [3.8, 4) is 0 Å². The summed E-state index contributed by atoms with van der Waals surface area (Å²) < 4.78 is 12.9. The zero-order valence-corrected chi connectivity index (χ0v) is 10.9. The lowest BCUT2D eigenvalue weighted by Gasteiger charge is -2.09. The maximum atomic E-state index is 12.9. The van der Waals surface area contributed by atoms with Crippen LogP contribution in [-0.4, -0.2) is 16.9 Å². The molecule has 0 aliphatic heterocycles. The number of halogens is 1. The number of nitrogens with one attached hydrogen (secondary N) is 1. The highest BCUT2D eigenvalue weighted by Crippen LogP contribution is 2.29. The van der Waals surface area contributed by atoms with E-state index in [4.69, 9.17) is 5.73 Å². The number of nitrogens with two attached hydrogens (primary N) is 1. The number of anilines is 2. The fourth-order valence-electron chi connectivity index (χ4n) is 2.07. The highest BCUT2D eigenvalue weighted by atomic mass is 32.2. The Morgan fingerprint density at radius 1 is 1.44 bits per heavy atom. The fraction of sp³-hybridized carbons (Fsp3) is 0.462. The van der Waals surface area contributed by atoms with Gasteiger partial charge in [0, 0.05) is 10.9 Å². The van der Waals surface area contributed by atoms with Crippen LogP contribution >= 0.6 is 11.8 Å². The Balaban J connectivity index is 1.80. The molecule has 3 nitrogen and oxygen atoms in total. The molecular formula is C13H17FN2OS. The summed E-state index contributed by atoms with van der Waals surface area (Å²) in [5.74, 6) is -0.0756. The summed E-state index contributed by atoms with van der Waals surface area (Å²) >= 11 is 1.70. The molecule has 1 aliphatic rings. The highest BCUT2D eigenvalue weighted by Gasteiger charge is 2.16. The summed E-state index contributed by atoms with van der Waals surface area (Å²) in [5.41, 5.74) is 6.04. The second-order valence-electron chi connectivity index (χ2n) is 4.50. The van der Waals surface area contributed by atoms with Crippen LogP contribution in [0.1, 0.15) is 25.7 Å². The van der Waals surface area contributed by atoms with Gasteiger partial charge in [0.15, 0.2) is 0 Å². The minimum absolute atomic E-state index is 0.0521. The first kappa shape index (κ1) is 13.2. The molecule has 98 valence electrons. The van der Waals surface area contributed by atoms with Crippen LogP contribution in [0.4, 0.5) is 15.8 Å². The van der Waals surface area contributed by atoms with Gasteiger partial charge in [-0.15, -0.1) is 11.8 Å². The summed E-state index contributed by atoms with van der Waals surface area (Å²) in [6, 6.07) is 4.21. The van der Waals surface area contributed by atoms with Gasteiger partial charge in [0.2, 0.25) is 5.91 Å². The monoisotopic (exact) mass is 268 g/mol. The van der Waals surface area contributed by atoms with Crippen LogP contribution in [0.5, 0.6) is 0 Å². The Kier molecular flexibility index (Phi) is 4.47. The van der Waals surface area contributed by atoms with Crippen LogP contribution in [0, 0.1) is 5.82 Å². The quantitative estimate of drug-likeness (QED) is 0.825. The molecule has 1 saturated carbocycles. The Labute approximate surface area is 110 Å². The lowest BCUT2D eigenvalue weighted by molar-refractivity contribution is -0.113. The molecule has 1 aromatic rings. The van der Waals surface area contributed by atoms with Crippen LogP contribution in [0.15, 0.2) is 18.2 Å². The van der Waals surface area contributed by atoms with Crippen LogP contribution in [0.3, 0.4) is 0 Å². The fourth-order valence-corrected chi connectivity index (χ4v) is 3.19. The number of thioether (sulfide) groups is 1. The second-order valence-corrected chi connectivity index (χ2v) is 5.79. The number of carbonyl (C=O) groups is 1. The van der Waals surface area contributed by atoms with E-state index in [1.165, 1.54) is 43.9 Å². The highest BCUT2D eigenvalue weighted by molar-refractivity contribution is 8.00. The average Bonchev–Trinajstić information content (AvgIpc) is 2.84. The third-order valence-corrected chi connectivity index (χ3v) is 4.40. The first-order valence-electron chi connectivity index (χ1n) is 6.11. The summed E-state index contributed by atoms with van der Waals surface area (Å²) in [4.78, 5) is 11.7. The van der Waals surface area contributed by atoms with Crippen LogP contribution in [0.25, 0.3) is 0 Å². The number of hydrogen-bond donors (Lipinski definition) is 2. The number of hydrogen-bond acceptors (Lipinski definition) is 3. The van der Waals surface area contributed by atoms with Gasteiger partial charge in [-0.3, -0.25) is 4.79 Å². The van der Waals surface area contributed by atoms with E-state index in [1.54, 1.807) is 11.8 Å². The van der Waals surface area contributed by atoms with Gasteiger partial charge in [0.25, 0.3) is 0 Å². The molecule has 1 amide bonds. The van der Waals surface area contributed by atoms with E-state index < -0.39 is 5.82 Å². The molecule has 3 N–H and O–H groups in total. The number of rotatable bonds is 4. The van der Waals surface area contributed by atoms with Crippen LogP contribution in [0.2, 0.25) is 0 Å². The Morgan fingerprint density at radius 3 is 2.83 bits per heavy atom. The van der Waals surface area contributed by atoms with E-state index in [0.717, 1.165) is 0 Å². The standard InChI is InChI=1S/C13H17FN2OS/c14-11-6-5-9(7-12(11)15)16-13(17)8-18-10-3-1-2-4-10/h5-7,10H,1-4,8,15H2,(H,16,17). The minimum atomic E-state index is -0.465. The van der Waals surface area contributed by atoms with Gasteiger partial charge in [-0.25, -0.2) is 4.39 Å². The number of amides is 1. The van der Waals surface area contributed by atoms with Crippen molar-refractivity contribution in [3.05, 3.63) is 24.0 Å². The molecule has 2 rings (SSSR count). The smallest absolute Gasteiger partial charge is 0.234 e. The third-order valence-electron chi connectivity index (χ3n) is 3.03. The number of benzene rings is 1. The van der Waals surface area contributed by atoms with Crippen molar-refractivity contribution in [2.24, 2.45) is 0 Å². The molecular weight excluding hydrogens is 251 g/mol. The zero-order chi connectivity index (χ0) is 13.0. The maximum Gasteiger partial charge on any atom is 0.234 e. The normalized spacial score (nSPS) is 15.8. The SMILES string of the molecule is Nc1cc(NC(=O)CSC2CCCC2)ccc1F. The minimum Gasteiger partial charge on any atom is -0.396 e. The van der Waals surface area contributed by atoms with Crippen molar-refractivity contribution in [3.63, 3.8) is 0 Å². The Hall–Kier alpha value is -1.23. The molecule has 0 spiro atoms. The number of nitrogen functional groups attached to an aromatic ring is 1. The van der Waals surface area contributed by atoms with Gasteiger partial charge < -0.3 is 11.1 Å². The van der Waals surface area contributed by atoms with Crippen molar-refractivity contribution in [2.45, 2.75) is 30.9 Å². The molecule has 18 heavy (non-hydrogen) atoms. The molecule has 1 aliphatic carbocycles. The van der Waals surface area contributed by atoms with Crippen molar-refractivity contribution in [1.29, 1.82) is 0 Å². The van der Waals surface area contributed by atoms with Gasteiger partial charge in [0.05, 0.1) is 11.4 Å². The van der Waals surface area contributed by atoms with Gasteiger partial charge in [-0.2, -0.15) is 0 Å². The largest absolute Gasteiger partial charge is 0.396 e. The van der Waals surface area contributed by atoms with Gasteiger partial charge in [-0.1, -0.05) is 12.8 Å². The van der Waals surface area contributed by atoms with E-state index in [1.807, 2.05) is 0 Å². The number of carbonyl (C=O) groups excluding carboxylic acids is 1. The van der Waals surface area contributed by atoms with E-state index in [0.29, 0.717) is 16.7 Å². The maximum absolute atomic E-state index is 12.9. The predicted molar refractivity (Wildman–Crippen MR) is 74.2 cm³/mol. The average molecular weight is 268 g/mol.